The van der Waals surface area contributed by atoms with E-state index < -0.39 is 0 Å². The third kappa shape index (κ3) is 5.56. The lowest BCUT2D eigenvalue weighted by molar-refractivity contribution is 0.171. The van der Waals surface area contributed by atoms with Crippen molar-refractivity contribution < 1.29 is 9.47 Å². The normalized spacial score (nSPS) is 15.9. The number of pyridine rings is 1. The lowest BCUT2D eigenvalue weighted by Gasteiger charge is -2.36. The molecule has 4 heterocycles. The number of benzene rings is 1. The number of ether oxygens (including phenoxy) is 2. The summed E-state index contributed by atoms with van der Waals surface area (Å²) in [5, 5.41) is 7.74. The van der Waals surface area contributed by atoms with Crippen LogP contribution >= 0.6 is 24.0 Å². The molecule has 33 heavy (non-hydrogen) atoms. The van der Waals surface area contributed by atoms with Gasteiger partial charge in [-0.3, -0.25) is 9.89 Å². The fraction of sp³-hybridized carbons (Fsp3) is 0.348. The minimum absolute atomic E-state index is 0. The monoisotopic (exact) mass is 561 g/mol. The molecule has 9 nitrogen and oxygen atoms in total. The fourth-order valence-corrected chi connectivity index (χ4v) is 4.03. The van der Waals surface area contributed by atoms with Crippen molar-refractivity contribution >= 4 is 29.9 Å². The molecule has 0 radical (unpaired) electrons. The van der Waals surface area contributed by atoms with Crippen molar-refractivity contribution in [3.05, 3.63) is 66.1 Å². The second-order valence-corrected chi connectivity index (χ2v) is 7.82. The summed E-state index contributed by atoms with van der Waals surface area (Å²) < 4.78 is 12.7. The molecule has 0 unspecified atom stereocenters. The van der Waals surface area contributed by atoms with Crippen molar-refractivity contribution in [3.63, 3.8) is 0 Å². The number of piperazine rings is 1. The quantitative estimate of drug-likeness (QED) is 0.292. The maximum Gasteiger partial charge on any atom is 0.231 e. The third-order valence-electron chi connectivity index (χ3n) is 5.73. The van der Waals surface area contributed by atoms with Crippen LogP contribution < -0.4 is 14.8 Å². The first-order valence-electron chi connectivity index (χ1n) is 10.8. The van der Waals surface area contributed by atoms with Gasteiger partial charge in [-0.1, -0.05) is 6.07 Å². The van der Waals surface area contributed by atoms with E-state index in [-0.39, 0.29) is 24.0 Å². The number of hydrogen-bond acceptors (Lipinski definition) is 6. The number of hydrogen-bond donors (Lipinski definition) is 1. The molecule has 0 saturated carbocycles. The van der Waals surface area contributed by atoms with E-state index in [1.54, 1.807) is 10.9 Å². The van der Waals surface area contributed by atoms with E-state index in [0.717, 1.165) is 61.6 Å². The average Bonchev–Trinajstić information content (AvgIpc) is 3.53. The van der Waals surface area contributed by atoms with E-state index in [9.17, 15) is 0 Å². The Kier molecular flexibility index (Phi) is 7.65. The molecule has 3 aromatic rings. The smallest absolute Gasteiger partial charge is 0.231 e. The van der Waals surface area contributed by atoms with Gasteiger partial charge in [0.05, 0.1) is 0 Å². The van der Waals surface area contributed by atoms with Crippen LogP contribution in [0.1, 0.15) is 11.1 Å². The van der Waals surface area contributed by atoms with Crippen molar-refractivity contribution in [2.24, 2.45) is 4.99 Å². The summed E-state index contributed by atoms with van der Waals surface area (Å²) in [6.07, 6.45) is 5.45. The van der Waals surface area contributed by atoms with Crippen molar-refractivity contribution in [2.45, 2.75) is 13.1 Å². The van der Waals surface area contributed by atoms with Crippen LogP contribution in [0.2, 0.25) is 0 Å². The number of rotatable bonds is 5. The predicted octanol–water partition coefficient (Wildman–Crippen LogP) is 2.51. The number of nitrogens with one attached hydrogen (secondary N) is 1. The minimum Gasteiger partial charge on any atom is -0.454 e. The number of nitrogens with zero attached hydrogens (tertiary/aromatic N) is 6. The van der Waals surface area contributed by atoms with Gasteiger partial charge in [-0.2, -0.15) is 5.10 Å². The first-order chi connectivity index (χ1) is 15.8. The third-order valence-corrected chi connectivity index (χ3v) is 5.73. The second-order valence-electron chi connectivity index (χ2n) is 7.82. The molecule has 0 amide bonds. The molecule has 0 aliphatic carbocycles. The van der Waals surface area contributed by atoms with Gasteiger partial charge in [0.25, 0.3) is 0 Å². The molecule has 5 rings (SSSR count). The number of guanidine groups is 1. The summed E-state index contributed by atoms with van der Waals surface area (Å²) in [5.74, 6) is 3.41. The second kappa shape index (κ2) is 10.8. The zero-order chi connectivity index (χ0) is 21.8. The highest BCUT2D eigenvalue weighted by Gasteiger charge is 2.21. The van der Waals surface area contributed by atoms with Crippen LogP contribution in [-0.4, -0.2) is 70.5 Å². The highest BCUT2D eigenvalue weighted by molar-refractivity contribution is 14.0. The molecule has 2 aliphatic heterocycles. The summed E-state index contributed by atoms with van der Waals surface area (Å²) in [5.41, 5.74) is 2.38. The van der Waals surface area contributed by atoms with Crippen molar-refractivity contribution in [2.75, 3.05) is 40.0 Å². The zero-order valence-corrected chi connectivity index (χ0v) is 20.9. The van der Waals surface area contributed by atoms with Gasteiger partial charge in [0, 0.05) is 64.9 Å². The molecule has 2 aliphatic rings. The van der Waals surface area contributed by atoms with Gasteiger partial charge in [-0.25, -0.2) is 9.67 Å². The number of fused-ring (bicyclic) bond motifs is 1. The Balaban J connectivity index is 0.00000259. The van der Waals surface area contributed by atoms with E-state index in [0.29, 0.717) is 13.3 Å². The van der Waals surface area contributed by atoms with Gasteiger partial charge in [0.1, 0.15) is 0 Å². The van der Waals surface area contributed by atoms with E-state index >= 15 is 0 Å². The van der Waals surface area contributed by atoms with Crippen LogP contribution in [0, 0.1) is 0 Å². The fourth-order valence-electron chi connectivity index (χ4n) is 4.03. The van der Waals surface area contributed by atoms with Gasteiger partial charge in [0.15, 0.2) is 23.3 Å². The maximum absolute atomic E-state index is 5.50. The topological polar surface area (TPSA) is 80.0 Å². The van der Waals surface area contributed by atoms with Crippen molar-refractivity contribution in [1.82, 2.24) is 29.9 Å². The minimum atomic E-state index is 0. The first-order valence-corrected chi connectivity index (χ1v) is 10.8. The molecule has 0 spiro atoms. The molecule has 2 aromatic heterocycles. The van der Waals surface area contributed by atoms with Gasteiger partial charge >= 0.3 is 0 Å². The van der Waals surface area contributed by atoms with Crippen molar-refractivity contribution in [1.29, 1.82) is 0 Å². The summed E-state index contributed by atoms with van der Waals surface area (Å²) in [7, 11) is 1.84. The summed E-state index contributed by atoms with van der Waals surface area (Å²) >= 11 is 0. The largest absolute Gasteiger partial charge is 0.454 e. The molecular weight excluding hydrogens is 533 g/mol. The Hall–Kier alpha value is -2.86. The molecule has 174 valence electrons. The highest BCUT2D eigenvalue weighted by Crippen LogP contribution is 2.32. The summed E-state index contributed by atoms with van der Waals surface area (Å²) in [6.45, 7) is 5.72. The Morgan fingerprint density at radius 2 is 1.88 bits per heavy atom. The zero-order valence-electron chi connectivity index (χ0n) is 18.6. The van der Waals surface area contributed by atoms with Crippen LogP contribution in [0.15, 0.2) is 60.0 Å². The maximum atomic E-state index is 5.50. The molecule has 1 aromatic carbocycles. The van der Waals surface area contributed by atoms with Gasteiger partial charge < -0.3 is 19.7 Å². The van der Waals surface area contributed by atoms with Crippen LogP contribution in [0.25, 0.3) is 5.82 Å². The molecular formula is C23H28IN7O2. The lowest BCUT2D eigenvalue weighted by Crippen LogP contribution is -2.52. The average molecular weight is 561 g/mol. The van der Waals surface area contributed by atoms with E-state index in [4.69, 9.17) is 9.47 Å². The van der Waals surface area contributed by atoms with Crippen LogP contribution in [0.3, 0.4) is 0 Å². The van der Waals surface area contributed by atoms with Gasteiger partial charge in [-0.05, 0) is 41.5 Å². The van der Waals surface area contributed by atoms with Crippen molar-refractivity contribution in [3.8, 4) is 17.3 Å². The van der Waals surface area contributed by atoms with Gasteiger partial charge in [-0.15, -0.1) is 24.0 Å². The summed E-state index contributed by atoms with van der Waals surface area (Å²) in [6, 6.07) is 12.1. The molecule has 0 atom stereocenters. The molecule has 1 N–H and O–H groups in total. The van der Waals surface area contributed by atoms with Crippen LogP contribution in [-0.2, 0) is 13.1 Å². The van der Waals surface area contributed by atoms with E-state index in [2.05, 4.69) is 42.3 Å². The molecule has 1 saturated heterocycles. The van der Waals surface area contributed by atoms with E-state index in [1.807, 2.05) is 43.7 Å². The molecule has 1 fully saturated rings. The Morgan fingerprint density at radius 1 is 1.03 bits per heavy atom. The Labute approximate surface area is 210 Å². The lowest BCUT2D eigenvalue weighted by atomic mass is 10.1. The predicted molar refractivity (Wildman–Crippen MR) is 136 cm³/mol. The van der Waals surface area contributed by atoms with Gasteiger partial charge in [0.2, 0.25) is 6.79 Å². The number of aromatic nitrogens is 3. The van der Waals surface area contributed by atoms with Crippen LogP contribution in [0.5, 0.6) is 11.5 Å². The highest BCUT2D eigenvalue weighted by atomic mass is 127. The number of halogens is 1. The first kappa shape index (κ1) is 23.3. The van der Waals surface area contributed by atoms with Crippen LogP contribution in [0.4, 0.5) is 0 Å². The van der Waals surface area contributed by atoms with E-state index in [1.165, 1.54) is 5.56 Å². The standard InChI is InChI=1S/C23H27N7O2.HI/c1-24-23(26-15-18-5-7-25-22(14-18)30-8-2-6-27-30)29-11-9-28(10-12-29)16-19-3-4-20-21(13-19)32-17-31-20;/h2-8,13-14H,9-12,15-17H2,1H3,(H,24,26);1H. The molecule has 10 heteroatoms. The summed E-state index contributed by atoms with van der Waals surface area (Å²) in [4.78, 5) is 13.7. The number of aliphatic imine (C=N–C) groups is 1. The molecule has 0 bridgehead atoms. The Morgan fingerprint density at radius 3 is 2.67 bits per heavy atom. The Bertz CT molecular complexity index is 1080. The SMILES string of the molecule is CN=C(NCc1ccnc(-n2cccn2)c1)N1CCN(Cc2ccc3c(c2)OCO3)CC1.I.